The monoisotopic (exact) mass is 575 g/mol. The average Bonchev–Trinajstić information content (AvgIpc) is 3.38. The molecule has 0 radical (unpaired) electrons. The Morgan fingerprint density at radius 1 is 0.829 bits per heavy atom. The number of likely N-dealkylation sites (tertiary alicyclic amines) is 1. The van der Waals surface area contributed by atoms with Gasteiger partial charge in [0.2, 0.25) is 0 Å². The Morgan fingerprint density at radius 2 is 1.49 bits per heavy atom. The lowest BCUT2D eigenvalue weighted by Crippen LogP contribution is -2.43. The van der Waals surface area contributed by atoms with Gasteiger partial charge < -0.3 is 19.1 Å². The highest BCUT2D eigenvalue weighted by molar-refractivity contribution is 7.98. The number of ether oxygens (including phenoxy) is 3. The molecule has 1 aliphatic rings. The van der Waals surface area contributed by atoms with Gasteiger partial charge in [0.15, 0.2) is 11.4 Å². The minimum Gasteiger partial charge on any atom is -0.476 e. The third-order valence-corrected chi connectivity index (χ3v) is 7.53. The number of amides is 1. The fourth-order valence-electron chi connectivity index (χ4n) is 4.73. The van der Waals surface area contributed by atoms with E-state index in [-0.39, 0.29) is 18.2 Å². The summed E-state index contributed by atoms with van der Waals surface area (Å²) in [7, 11) is 0. The summed E-state index contributed by atoms with van der Waals surface area (Å²) < 4.78 is 17.2. The van der Waals surface area contributed by atoms with Gasteiger partial charge >= 0.3 is 12.1 Å². The van der Waals surface area contributed by atoms with E-state index in [0.717, 1.165) is 10.5 Å². The van der Waals surface area contributed by atoms with Crippen molar-refractivity contribution >= 4 is 29.6 Å². The molecule has 2 unspecified atom stereocenters. The van der Waals surface area contributed by atoms with Crippen LogP contribution >= 0.6 is 11.8 Å². The number of hydrogen-bond donors (Lipinski definition) is 0. The zero-order valence-corrected chi connectivity index (χ0v) is 25.2. The maximum Gasteiger partial charge on any atom is 0.415 e. The lowest BCUT2D eigenvalue weighted by molar-refractivity contribution is -0.170. The number of benzene rings is 3. The summed E-state index contributed by atoms with van der Waals surface area (Å²) in [6.07, 6.45) is 1.48. The molecule has 1 saturated heterocycles. The van der Waals surface area contributed by atoms with Gasteiger partial charge in [-0.2, -0.15) is 0 Å². The summed E-state index contributed by atoms with van der Waals surface area (Å²) in [6.45, 7) is 9.26. The molecule has 1 amide bonds. The minimum atomic E-state index is -1.23. The quantitative estimate of drug-likeness (QED) is 0.162. The molecule has 4 rings (SSSR count). The Balaban J connectivity index is 1.60. The second-order valence-corrected chi connectivity index (χ2v) is 12.5. The first kappa shape index (κ1) is 30.2. The number of esters is 1. The van der Waals surface area contributed by atoms with Crippen LogP contribution in [0, 0.1) is 5.92 Å². The van der Waals surface area contributed by atoms with Crippen molar-refractivity contribution in [2.24, 2.45) is 5.92 Å². The Hall–Kier alpha value is -3.78. The van der Waals surface area contributed by atoms with Crippen LogP contribution in [-0.4, -0.2) is 53.3 Å². The van der Waals surface area contributed by atoms with Crippen LogP contribution < -0.4 is 9.47 Å². The molecule has 216 valence electrons. The lowest BCUT2D eigenvalue weighted by atomic mass is 9.84. The number of hydrogen-bond acceptors (Lipinski definition) is 7. The fraction of sp³-hybridized carbons (Fsp3) is 0.364. The van der Waals surface area contributed by atoms with Crippen molar-refractivity contribution in [3.05, 3.63) is 90.0 Å². The Bertz CT molecular complexity index is 1380. The number of nitrogens with zero attached hydrogens (tertiary/aromatic N) is 1. The molecule has 0 saturated carbocycles. The van der Waals surface area contributed by atoms with Crippen molar-refractivity contribution in [1.29, 1.82) is 0 Å². The standard InChI is InChI=1S/C33H37NO6S/c1-32(2,3)40-30(36)33(4,5)39-25-14-10-11-23(19-25)27-20-34(31(37)38-24-12-8-7-9-13-24)21-28(27)29(35)22-15-17-26(41-6)18-16-22/h7-19,27-28H,20-21H2,1-6H3. The highest BCUT2D eigenvalue weighted by atomic mass is 32.2. The summed E-state index contributed by atoms with van der Waals surface area (Å²) in [5, 5.41) is 0. The molecule has 7 nitrogen and oxygen atoms in total. The Kier molecular flexibility index (Phi) is 9.12. The van der Waals surface area contributed by atoms with Crippen LogP contribution in [0.4, 0.5) is 4.79 Å². The second kappa shape index (κ2) is 12.4. The SMILES string of the molecule is CSc1ccc(C(=O)C2CN(C(=O)Oc3ccccc3)CC2c2cccc(OC(C)(C)C(=O)OC(C)(C)C)c2)cc1. The van der Waals surface area contributed by atoms with Gasteiger partial charge in [0.1, 0.15) is 17.1 Å². The molecule has 1 aliphatic heterocycles. The topological polar surface area (TPSA) is 82.1 Å². The van der Waals surface area contributed by atoms with E-state index in [2.05, 4.69) is 0 Å². The van der Waals surface area contributed by atoms with E-state index in [1.165, 1.54) is 0 Å². The summed E-state index contributed by atoms with van der Waals surface area (Å²) in [5.74, 6) is -0.409. The highest BCUT2D eigenvalue weighted by Gasteiger charge is 2.42. The predicted octanol–water partition coefficient (Wildman–Crippen LogP) is 7.00. The number of carbonyl (C=O) groups excluding carboxylic acids is 3. The number of Topliss-reactive ketones (excluding diaryl/α,β-unsaturated/α-hetero) is 1. The zero-order chi connectivity index (χ0) is 29.8. The summed E-state index contributed by atoms with van der Waals surface area (Å²) in [5.41, 5.74) is -0.462. The number of ketones is 1. The predicted molar refractivity (Wildman–Crippen MR) is 160 cm³/mol. The van der Waals surface area contributed by atoms with E-state index in [9.17, 15) is 14.4 Å². The first-order valence-electron chi connectivity index (χ1n) is 13.6. The number of para-hydroxylation sites is 1. The van der Waals surface area contributed by atoms with E-state index in [1.54, 1.807) is 60.8 Å². The van der Waals surface area contributed by atoms with Crippen LogP contribution in [0.2, 0.25) is 0 Å². The van der Waals surface area contributed by atoms with Gasteiger partial charge in [-0.1, -0.05) is 42.5 Å². The number of carbonyl (C=O) groups is 3. The smallest absolute Gasteiger partial charge is 0.415 e. The van der Waals surface area contributed by atoms with Gasteiger partial charge in [0.05, 0.1) is 0 Å². The molecular weight excluding hydrogens is 538 g/mol. The van der Waals surface area contributed by atoms with Crippen LogP contribution in [0.1, 0.15) is 56.5 Å². The largest absolute Gasteiger partial charge is 0.476 e. The minimum absolute atomic E-state index is 0.0435. The van der Waals surface area contributed by atoms with Crippen molar-refractivity contribution < 1.29 is 28.6 Å². The first-order chi connectivity index (χ1) is 19.4. The molecule has 0 N–H and O–H groups in total. The van der Waals surface area contributed by atoms with Crippen molar-refractivity contribution in [3.63, 3.8) is 0 Å². The van der Waals surface area contributed by atoms with Crippen molar-refractivity contribution in [2.75, 3.05) is 19.3 Å². The van der Waals surface area contributed by atoms with Gasteiger partial charge in [-0.25, -0.2) is 9.59 Å². The van der Waals surface area contributed by atoms with Gasteiger partial charge in [-0.3, -0.25) is 4.79 Å². The average molecular weight is 576 g/mol. The van der Waals surface area contributed by atoms with Crippen LogP contribution in [0.5, 0.6) is 11.5 Å². The van der Waals surface area contributed by atoms with Crippen molar-refractivity contribution in [2.45, 2.75) is 56.6 Å². The summed E-state index contributed by atoms with van der Waals surface area (Å²) in [4.78, 5) is 42.4. The maximum absolute atomic E-state index is 13.8. The molecular formula is C33H37NO6S. The highest BCUT2D eigenvalue weighted by Crippen LogP contribution is 2.37. The summed E-state index contributed by atoms with van der Waals surface area (Å²) in [6, 6.07) is 23.7. The van der Waals surface area contributed by atoms with Gasteiger partial charge in [-0.05, 0) is 82.8 Å². The van der Waals surface area contributed by atoms with Crippen molar-refractivity contribution in [3.8, 4) is 11.5 Å². The van der Waals surface area contributed by atoms with Crippen molar-refractivity contribution in [1.82, 2.24) is 4.90 Å². The summed E-state index contributed by atoms with van der Waals surface area (Å²) >= 11 is 1.61. The Labute approximate surface area is 246 Å². The lowest BCUT2D eigenvalue weighted by Gasteiger charge is -2.29. The zero-order valence-electron chi connectivity index (χ0n) is 24.4. The first-order valence-corrected chi connectivity index (χ1v) is 14.8. The van der Waals surface area contributed by atoms with Gasteiger partial charge in [0.25, 0.3) is 0 Å². The molecule has 0 bridgehead atoms. The molecule has 1 heterocycles. The molecule has 0 spiro atoms. The molecule has 41 heavy (non-hydrogen) atoms. The molecule has 1 fully saturated rings. The number of thioether (sulfide) groups is 1. The third kappa shape index (κ3) is 7.70. The van der Waals surface area contributed by atoms with E-state index < -0.39 is 29.2 Å². The van der Waals surface area contributed by atoms with Crippen LogP contribution in [-0.2, 0) is 9.53 Å². The van der Waals surface area contributed by atoms with Crippen LogP contribution in [0.3, 0.4) is 0 Å². The van der Waals surface area contributed by atoms with Gasteiger partial charge in [0, 0.05) is 35.4 Å². The number of rotatable bonds is 8. The molecule has 8 heteroatoms. The molecule has 0 aliphatic carbocycles. The maximum atomic E-state index is 13.8. The molecule has 2 atom stereocenters. The van der Waals surface area contributed by atoms with E-state index >= 15 is 0 Å². The second-order valence-electron chi connectivity index (χ2n) is 11.6. The van der Waals surface area contributed by atoms with E-state index in [0.29, 0.717) is 23.6 Å². The van der Waals surface area contributed by atoms with Gasteiger partial charge in [-0.15, -0.1) is 11.8 Å². The molecule has 0 aromatic heterocycles. The fourth-order valence-corrected chi connectivity index (χ4v) is 5.13. The normalized spacial score (nSPS) is 17.2. The molecule has 3 aromatic carbocycles. The van der Waals surface area contributed by atoms with E-state index in [4.69, 9.17) is 14.2 Å². The Morgan fingerprint density at radius 3 is 2.12 bits per heavy atom. The molecule has 3 aromatic rings. The van der Waals surface area contributed by atoms with Crippen LogP contribution in [0.25, 0.3) is 0 Å². The van der Waals surface area contributed by atoms with Crippen LogP contribution in [0.15, 0.2) is 83.8 Å². The third-order valence-electron chi connectivity index (χ3n) is 6.79. The van der Waals surface area contributed by atoms with E-state index in [1.807, 2.05) is 75.6 Å².